The first-order chi connectivity index (χ1) is 13.8. The first-order valence-electron chi connectivity index (χ1n) is 9.56. The van der Waals surface area contributed by atoms with E-state index in [-0.39, 0.29) is 25.2 Å². The Morgan fingerprint density at radius 1 is 0.966 bits per heavy atom. The van der Waals surface area contributed by atoms with Crippen LogP contribution in [0.1, 0.15) is 50.4 Å². The van der Waals surface area contributed by atoms with E-state index in [9.17, 15) is 15.1 Å². The van der Waals surface area contributed by atoms with Crippen molar-refractivity contribution in [3.63, 3.8) is 0 Å². The van der Waals surface area contributed by atoms with Crippen LogP contribution in [0.5, 0.6) is 0 Å². The van der Waals surface area contributed by atoms with Gasteiger partial charge in [-0.1, -0.05) is 81.4 Å². The highest BCUT2D eigenvalue weighted by Gasteiger charge is 2.34. The molecule has 0 radical (unpaired) electrons. The van der Waals surface area contributed by atoms with Crippen LogP contribution >= 0.6 is 0 Å². The molecule has 2 aromatic rings. The molecule has 2 atom stereocenters. The molecule has 0 saturated carbocycles. The molecule has 0 aliphatic rings. The molecule has 0 spiro atoms. The second kappa shape index (κ2) is 12.3. The van der Waals surface area contributed by atoms with Crippen molar-refractivity contribution in [1.29, 1.82) is 0 Å². The summed E-state index contributed by atoms with van der Waals surface area (Å²) in [6.07, 6.45) is 0.621. The van der Waals surface area contributed by atoms with E-state index in [2.05, 4.69) is 0 Å². The van der Waals surface area contributed by atoms with E-state index in [1.165, 1.54) is 0 Å². The zero-order chi connectivity index (χ0) is 21.9. The largest absolute Gasteiger partial charge is 0.394 e. The Morgan fingerprint density at radius 2 is 1.45 bits per heavy atom. The maximum absolute atomic E-state index is 12.1. The van der Waals surface area contributed by atoms with Crippen molar-refractivity contribution >= 4 is 5.91 Å². The SMILES string of the molecule is CCC(C)(C)C(=O)N(O)C(CO)c1ccccc1.OCC(NO)c1ccccc1. The lowest BCUT2D eigenvalue weighted by Gasteiger charge is -2.31. The van der Waals surface area contributed by atoms with Crippen LogP contribution in [0.25, 0.3) is 0 Å². The summed E-state index contributed by atoms with van der Waals surface area (Å²) in [6.45, 7) is 5.02. The molecule has 7 nitrogen and oxygen atoms in total. The molecule has 2 aromatic carbocycles. The van der Waals surface area contributed by atoms with Gasteiger partial charge >= 0.3 is 0 Å². The minimum Gasteiger partial charge on any atom is -0.394 e. The molecular formula is C22H32N2O5. The molecule has 2 rings (SSSR count). The number of carbonyl (C=O) groups is 1. The minimum absolute atomic E-state index is 0.111. The summed E-state index contributed by atoms with van der Waals surface area (Å²) in [4.78, 5) is 12.1. The van der Waals surface area contributed by atoms with Crippen LogP contribution in [0.15, 0.2) is 60.7 Å². The van der Waals surface area contributed by atoms with E-state index < -0.39 is 11.5 Å². The van der Waals surface area contributed by atoms with Gasteiger partial charge in [0.15, 0.2) is 0 Å². The summed E-state index contributed by atoms with van der Waals surface area (Å²) in [5.74, 6) is -0.382. The van der Waals surface area contributed by atoms with Crippen LogP contribution in [0, 0.1) is 5.41 Å². The molecule has 1 amide bonds. The lowest BCUT2D eigenvalue weighted by molar-refractivity contribution is -0.190. The number of nitrogens with zero attached hydrogens (tertiary/aromatic N) is 1. The second-order valence-corrected chi connectivity index (χ2v) is 7.27. The van der Waals surface area contributed by atoms with Gasteiger partial charge in [0.05, 0.1) is 19.3 Å². The average Bonchev–Trinajstić information content (AvgIpc) is 2.76. The van der Waals surface area contributed by atoms with Crippen molar-refractivity contribution in [2.45, 2.75) is 39.3 Å². The number of rotatable bonds is 8. The highest BCUT2D eigenvalue weighted by atomic mass is 16.5. The van der Waals surface area contributed by atoms with Gasteiger partial charge in [0.2, 0.25) is 0 Å². The summed E-state index contributed by atoms with van der Waals surface area (Å²) in [7, 11) is 0. The summed E-state index contributed by atoms with van der Waals surface area (Å²) >= 11 is 0. The molecular weight excluding hydrogens is 372 g/mol. The molecule has 0 aromatic heterocycles. The average molecular weight is 405 g/mol. The van der Waals surface area contributed by atoms with Crippen LogP contribution in [0.2, 0.25) is 0 Å². The molecule has 0 aliphatic carbocycles. The van der Waals surface area contributed by atoms with Gasteiger partial charge in [0.1, 0.15) is 6.04 Å². The van der Waals surface area contributed by atoms with Gasteiger partial charge in [-0.15, -0.1) is 0 Å². The quantitative estimate of drug-likeness (QED) is 0.341. The molecule has 0 bridgehead atoms. The number of hydroxylamine groups is 3. The van der Waals surface area contributed by atoms with Crippen molar-refractivity contribution in [3.8, 4) is 0 Å². The smallest absolute Gasteiger partial charge is 0.252 e. The first kappa shape index (κ1) is 24.7. The van der Waals surface area contributed by atoms with E-state index in [0.29, 0.717) is 17.0 Å². The van der Waals surface area contributed by atoms with Gasteiger partial charge < -0.3 is 15.4 Å². The van der Waals surface area contributed by atoms with Crippen LogP contribution in [-0.4, -0.2) is 44.8 Å². The maximum atomic E-state index is 12.1. The van der Waals surface area contributed by atoms with Gasteiger partial charge in [-0.3, -0.25) is 10.0 Å². The van der Waals surface area contributed by atoms with Crippen LogP contribution < -0.4 is 5.48 Å². The summed E-state index contributed by atoms with van der Waals surface area (Å²) in [5, 5.41) is 37.4. The monoisotopic (exact) mass is 404 g/mol. The zero-order valence-electron chi connectivity index (χ0n) is 17.2. The van der Waals surface area contributed by atoms with Crippen molar-refractivity contribution in [2.75, 3.05) is 13.2 Å². The third kappa shape index (κ3) is 7.23. The number of hydrogen-bond donors (Lipinski definition) is 5. The third-order valence-electron chi connectivity index (χ3n) is 4.86. The van der Waals surface area contributed by atoms with E-state index in [4.69, 9.17) is 10.3 Å². The van der Waals surface area contributed by atoms with Gasteiger partial charge in [-0.2, -0.15) is 5.48 Å². The predicted molar refractivity (Wildman–Crippen MR) is 110 cm³/mol. The Morgan fingerprint density at radius 3 is 1.83 bits per heavy atom. The second-order valence-electron chi connectivity index (χ2n) is 7.27. The third-order valence-corrected chi connectivity index (χ3v) is 4.86. The summed E-state index contributed by atoms with van der Waals surface area (Å²) < 4.78 is 0. The summed E-state index contributed by atoms with van der Waals surface area (Å²) in [5.41, 5.74) is 2.96. The Kier molecular flexibility index (Phi) is 10.5. The number of nitrogens with one attached hydrogen (secondary N) is 1. The molecule has 160 valence electrons. The molecule has 29 heavy (non-hydrogen) atoms. The lowest BCUT2D eigenvalue weighted by atomic mass is 9.88. The number of carbonyl (C=O) groups excluding carboxylic acids is 1. The van der Waals surface area contributed by atoms with Crippen LogP contribution in [0.4, 0.5) is 0 Å². The Labute approximate surface area is 172 Å². The van der Waals surface area contributed by atoms with Gasteiger partial charge in [0.25, 0.3) is 5.91 Å². The zero-order valence-corrected chi connectivity index (χ0v) is 17.2. The van der Waals surface area contributed by atoms with Crippen LogP contribution in [-0.2, 0) is 4.79 Å². The van der Waals surface area contributed by atoms with E-state index in [1.54, 1.807) is 38.1 Å². The van der Waals surface area contributed by atoms with Crippen molar-refractivity contribution in [3.05, 3.63) is 71.8 Å². The fraction of sp³-hybridized carbons (Fsp3) is 0.409. The summed E-state index contributed by atoms with van der Waals surface area (Å²) in [6, 6.07) is 17.2. The van der Waals surface area contributed by atoms with E-state index >= 15 is 0 Å². The van der Waals surface area contributed by atoms with E-state index in [0.717, 1.165) is 5.56 Å². The number of benzene rings is 2. The Balaban J connectivity index is 0.000000326. The predicted octanol–water partition coefficient (Wildman–Crippen LogP) is 3.07. The number of aliphatic hydroxyl groups excluding tert-OH is 2. The fourth-order valence-electron chi connectivity index (χ4n) is 2.51. The molecule has 0 fully saturated rings. The Hall–Kier alpha value is -2.29. The molecule has 5 N–H and O–H groups in total. The molecule has 7 heteroatoms. The van der Waals surface area contributed by atoms with E-state index in [1.807, 2.05) is 48.8 Å². The number of amides is 1. The molecule has 0 heterocycles. The van der Waals surface area contributed by atoms with Gasteiger partial charge in [-0.05, 0) is 17.5 Å². The molecule has 2 unspecified atom stereocenters. The highest BCUT2D eigenvalue weighted by Crippen LogP contribution is 2.27. The lowest BCUT2D eigenvalue weighted by Crippen LogP contribution is -2.41. The minimum atomic E-state index is -0.718. The number of aliphatic hydroxyl groups is 2. The number of hydrogen-bond acceptors (Lipinski definition) is 6. The normalized spacial score (nSPS) is 13.1. The maximum Gasteiger partial charge on any atom is 0.252 e. The van der Waals surface area contributed by atoms with Gasteiger partial charge in [0, 0.05) is 5.41 Å². The molecule has 0 aliphatic heterocycles. The topological polar surface area (TPSA) is 113 Å². The van der Waals surface area contributed by atoms with Crippen LogP contribution in [0.3, 0.4) is 0 Å². The molecule has 0 saturated heterocycles. The van der Waals surface area contributed by atoms with Gasteiger partial charge in [-0.25, -0.2) is 5.06 Å². The fourth-order valence-corrected chi connectivity index (χ4v) is 2.51. The Bertz CT molecular complexity index is 706. The first-order valence-corrected chi connectivity index (χ1v) is 9.56. The van der Waals surface area contributed by atoms with Crippen molar-refractivity contribution in [1.82, 2.24) is 10.5 Å². The van der Waals surface area contributed by atoms with Crippen molar-refractivity contribution in [2.24, 2.45) is 5.41 Å². The standard InChI is InChI=1S/C14H21NO3.C8H11NO2/c1-4-14(2,3)13(17)15(18)12(10-16)11-8-6-5-7-9-11;10-6-8(9-11)7-4-2-1-3-5-7/h5-9,12,16,18H,4,10H2,1-3H3;1-5,8-11H,6H2. The van der Waals surface area contributed by atoms with Crippen molar-refractivity contribution < 1.29 is 25.4 Å². The highest BCUT2D eigenvalue weighted by molar-refractivity contribution is 5.81.